The Labute approximate surface area is 383 Å². The summed E-state index contributed by atoms with van der Waals surface area (Å²) < 4.78 is 50.9. The molecule has 66 heavy (non-hydrogen) atoms. The smallest absolute Gasteiger partial charge is 0.408 e. The van der Waals surface area contributed by atoms with E-state index in [4.69, 9.17) is 42.6 Å². The second-order valence-electron chi connectivity index (χ2n) is 17.3. The summed E-state index contributed by atoms with van der Waals surface area (Å²) in [5.41, 5.74) is 0.509. The summed E-state index contributed by atoms with van der Waals surface area (Å²) in [6.45, 7) is 8.18. The average Bonchev–Trinajstić information content (AvgIpc) is 3.20. The van der Waals surface area contributed by atoms with Gasteiger partial charge in [0.2, 0.25) is 11.8 Å². The highest BCUT2D eigenvalue weighted by atomic mass is 16.7. The highest BCUT2D eigenvalue weighted by Gasteiger charge is 2.51. The maximum Gasteiger partial charge on any atom is 0.408 e. The molecular formula is C45H63N4O17+. The van der Waals surface area contributed by atoms with Crippen molar-refractivity contribution in [3.63, 3.8) is 0 Å². The minimum absolute atomic E-state index is 0.00827. The van der Waals surface area contributed by atoms with E-state index in [1.54, 1.807) is 45.0 Å². The minimum atomic E-state index is -1.67. The molecule has 3 N–H and O–H groups in total. The SMILES string of the molecule is CC(=O)N[C@H]1[C@H](OC[C@H](NC(=O)OCc2ccc(OC(=O)Cc3ccccc3)cc2)C(=O)N[C@@H](COC(C)(C)C)C(=O)OCC[N+](C)(C)C)O[C@H](COC(C)=O)[C@@H](OC(C)=O)[C@@H]1OC(C)=O. The fraction of sp³-hybridized carbons (Fsp3) is 0.556. The van der Waals surface area contributed by atoms with Gasteiger partial charge in [0, 0.05) is 27.7 Å². The van der Waals surface area contributed by atoms with Crippen molar-refractivity contribution in [1.82, 2.24) is 16.0 Å². The third-order valence-corrected chi connectivity index (χ3v) is 9.11. The van der Waals surface area contributed by atoms with Gasteiger partial charge in [-0.1, -0.05) is 42.5 Å². The first-order valence-corrected chi connectivity index (χ1v) is 21.1. The molecule has 0 radical (unpaired) electrons. The van der Waals surface area contributed by atoms with Gasteiger partial charge in [-0.2, -0.15) is 0 Å². The standard InChI is InChI=1S/C45H62N4O17/c1-27(50)46-38-40(64-30(4)53)39(63-29(3)52)36(26-59-28(2)51)66-43(38)60-24-34(41(55)47-35(25-62-45(5,6)7)42(56)58-21-20-49(8,9)10)48-44(57)61-23-32-16-18-33(19-17-32)65-37(54)22-31-14-12-11-13-15-31/h11-19,34-36,38-40,43H,20-26H2,1-10H3,(H2-,46,47,48,50,55,57)/p+1/t34-,35-,36+,38+,39+,40+,43+/m0/s1. The normalized spacial score (nSPS) is 19.2. The lowest BCUT2D eigenvalue weighted by Crippen LogP contribution is -2.67. The van der Waals surface area contributed by atoms with E-state index in [2.05, 4.69) is 16.0 Å². The summed E-state index contributed by atoms with van der Waals surface area (Å²) in [6.07, 6.45) is -6.95. The number of alkyl carbamates (subject to hydrolysis) is 1. The number of hydrogen-bond acceptors (Lipinski definition) is 17. The Balaban J connectivity index is 1.90. The van der Waals surface area contributed by atoms with E-state index >= 15 is 0 Å². The van der Waals surface area contributed by atoms with E-state index < -0.39 is 109 Å². The first-order valence-electron chi connectivity index (χ1n) is 21.1. The topological polar surface area (TPSA) is 256 Å². The lowest BCUT2D eigenvalue weighted by Gasteiger charge is -2.45. The summed E-state index contributed by atoms with van der Waals surface area (Å²) in [6, 6.07) is 10.7. The Bertz CT molecular complexity index is 1970. The number of likely N-dealkylation sites (N-methyl/N-ethyl adjacent to an activating group) is 1. The molecule has 0 unspecified atom stereocenters. The van der Waals surface area contributed by atoms with Gasteiger partial charge in [-0.05, 0) is 44.0 Å². The van der Waals surface area contributed by atoms with Gasteiger partial charge in [0.1, 0.15) is 50.3 Å². The van der Waals surface area contributed by atoms with Crippen molar-refractivity contribution in [3.8, 4) is 5.75 Å². The number of nitrogens with one attached hydrogen (secondary N) is 3. The highest BCUT2D eigenvalue weighted by molar-refractivity contribution is 5.90. The number of ether oxygens (including phenoxy) is 9. The zero-order chi connectivity index (χ0) is 49.2. The van der Waals surface area contributed by atoms with Crippen molar-refractivity contribution in [1.29, 1.82) is 0 Å². The average molecular weight is 932 g/mol. The van der Waals surface area contributed by atoms with Crippen LogP contribution in [0.2, 0.25) is 0 Å². The van der Waals surface area contributed by atoms with Crippen LogP contribution < -0.4 is 20.7 Å². The van der Waals surface area contributed by atoms with E-state index in [-0.39, 0.29) is 32.0 Å². The van der Waals surface area contributed by atoms with Crippen LogP contribution in [-0.4, -0.2) is 155 Å². The Morgan fingerprint density at radius 3 is 1.94 bits per heavy atom. The molecule has 0 spiro atoms. The molecule has 7 atom stereocenters. The number of benzene rings is 2. The number of amides is 3. The quantitative estimate of drug-likeness (QED) is 0.0657. The summed E-state index contributed by atoms with van der Waals surface area (Å²) in [4.78, 5) is 102. The number of hydrogen-bond donors (Lipinski definition) is 3. The largest absolute Gasteiger partial charge is 0.463 e. The molecule has 1 heterocycles. The van der Waals surface area contributed by atoms with Gasteiger partial charge in [0.05, 0.1) is 46.4 Å². The number of esters is 5. The van der Waals surface area contributed by atoms with Gasteiger partial charge in [-0.15, -0.1) is 0 Å². The third-order valence-electron chi connectivity index (χ3n) is 9.11. The number of nitrogens with zero attached hydrogens (tertiary/aromatic N) is 1. The van der Waals surface area contributed by atoms with Crippen LogP contribution in [0.1, 0.15) is 59.6 Å². The molecular weight excluding hydrogens is 869 g/mol. The van der Waals surface area contributed by atoms with Crippen LogP contribution in [0.15, 0.2) is 54.6 Å². The van der Waals surface area contributed by atoms with Crippen LogP contribution in [0.4, 0.5) is 4.79 Å². The second-order valence-corrected chi connectivity index (χ2v) is 17.3. The van der Waals surface area contributed by atoms with Crippen LogP contribution in [-0.2, 0) is 84.5 Å². The Hall–Kier alpha value is -6.16. The fourth-order valence-electron chi connectivity index (χ4n) is 6.02. The molecule has 1 saturated heterocycles. The highest BCUT2D eigenvalue weighted by Crippen LogP contribution is 2.28. The molecule has 0 bridgehead atoms. The van der Waals surface area contributed by atoms with Crippen LogP contribution in [0.5, 0.6) is 5.75 Å². The van der Waals surface area contributed by atoms with Gasteiger partial charge in [-0.25, -0.2) is 9.59 Å². The maximum absolute atomic E-state index is 14.2. The van der Waals surface area contributed by atoms with Gasteiger partial charge in [-0.3, -0.25) is 28.8 Å². The monoisotopic (exact) mass is 931 g/mol. The summed E-state index contributed by atoms with van der Waals surface area (Å²) in [7, 11) is 5.71. The van der Waals surface area contributed by atoms with E-state index in [1.165, 1.54) is 12.1 Å². The van der Waals surface area contributed by atoms with Crippen molar-refractivity contribution < 1.29 is 85.5 Å². The number of rotatable bonds is 22. The Morgan fingerprint density at radius 2 is 1.36 bits per heavy atom. The molecule has 0 aromatic heterocycles. The molecule has 2 aromatic rings. The van der Waals surface area contributed by atoms with Crippen molar-refractivity contribution in [2.75, 3.05) is 54.1 Å². The molecule has 1 aliphatic heterocycles. The lowest BCUT2D eigenvalue weighted by atomic mass is 9.96. The maximum atomic E-state index is 14.2. The van der Waals surface area contributed by atoms with Gasteiger partial charge in [0.15, 0.2) is 24.5 Å². The molecule has 3 amide bonds. The summed E-state index contributed by atoms with van der Waals surface area (Å²) >= 11 is 0. The van der Waals surface area contributed by atoms with Gasteiger partial charge < -0.3 is 63.1 Å². The summed E-state index contributed by atoms with van der Waals surface area (Å²) in [5.74, 6) is -5.09. The van der Waals surface area contributed by atoms with Gasteiger partial charge >= 0.3 is 35.9 Å². The van der Waals surface area contributed by atoms with E-state index in [0.717, 1.165) is 33.3 Å². The van der Waals surface area contributed by atoms with E-state index in [0.29, 0.717) is 16.6 Å². The second kappa shape index (κ2) is 25.5. The number of carbonyl (C=O) groups is 8. The van der Waals surface area contributed by atoms with Gasteiger partial charge in [0.25, 0.3) is 0 Å². The molecule has 1 aliphatic rings. The molecule has 1 fully saturated rings. The molecule has 0 aliphatic carbocycles. The van der Waals surface area contributed by atoms with Crippen molar-refractivity contribution in [3.05, 3.63) is 65.7 Å². The zero-order valence-electron chi connectivity index (χ0n) is 39.1. The first-order chi connectivity index (χ1) is 30.9. The minimum Gasteiger partial charge on any atom is -0.463 e. The van der Waals surface area contributed by atoms with Crippen LogP contribution in [0.25, 0.3) is 0 Å². The van der Waals surface area contributed by atoms with Crippen molar-refractivity contribution in [2.24, 2.45) is 0 Å². The predicted molar refractivity (Wildman–Crippen MR) is 231 cm³/mol. The first kappa shape index (κ1) is 54.2. The number of quaternary nitrogens is 1. The lowest BCUT2D eigenvalue weighted by molar-refractivity contribution is -0.870. The molecule has 21 nitrogen and oxygen atoms in total. The Kier molecular flexibility index (Phi) is 20.9. The zero-order valence-corrected chi connectivity index (χ0v) is 39.1. The Morgan fingerprint density at radius 1 is 0.727 bits per heavy atom. The molecule has 3 rings (SSSR count). The summed E-state index contributed by atoms with van der Waals surface area (Å²) in [5, 5.41) is 7.54. The van der Waals surface area contributed by atoms with Crippen molar-refractivity contribution >= 4 is 47.8 Å². The van der Waals surface area contributed by atoms with Crippen molar-refractivity contribution in [2.45, 2.75) is 110 Å². The third kappa shape index (κ3) is 20.3. The van der Waals surface area contributed by atoms with Crippen LogP contribution >= 0.6 is 0 Å². The predicted octanol–water partition coefficient (Wildman–Crippen LogP) is 1.65. The molecule has 2 aromatic carbocycles. The van der Waals surface area contributed by atoms with Crippen LogP contribution in [0, 0.1) is 0 Å². The van der Waals surface area contributed by atoms with E-state index in [9.17, 15) is 38.4 Å². The molecule has 364 valence electrons. The van der Waals surface area contributed by atoms with E-state index in [1.807, 2.05) is 39.3 Å². The number of carbonyl (C=O) groups excluding carboxylic acids is 8. The molecule has 21 heteroatoms. The fourth-order valence-corrected chi connectivity index (χ4v) is 6.02. The van der Waals surface area contributed by atoms with Crippen LogP contribution in [0.3, 0.4) is 0 Å². The molecule has 0 saturated carbocycles.